The van der Waals surface area contributed by atoms with Gasteiger partial charge < -0.3 is 15.7 Å². The van der Waals surface area contributed by atoms with Crippen LogP contribution in [0.25, 0.3) is 0 Å². The standard InChI is InChI=1S/C15H22N2O3/c1-3-7-13(19)17-14(15(20)16-2)12(18)10-11-8-5-4-6-9-11/h4-6,8-9,12,14,18H,3,7,10H2,1-2H3,(H,16,20)(H,17,19). The van der Waals surface area contributed by atoms with E-state index in [-0.39, 0.29) is 5.91 Å². The van der Waals surface area contributed by atoms with Crippen molar-refractivity contribution in [3.05, 3.63) is 35.9 Å². The molecule has 1 aromatic rings. The first-order valence-electron chi connectivity index (χ1n) is 6.81. The smallest absolute Gasteiger partial charge is 0.245 e. The van der Waals surface area contributed by atoms with Gasteiger partial charge in [0.25, 0.3) is 0 Å². The molecule has 1 rings (SSSR count). The number of aliphatic hydroxyl groups is 1. The minimum Gasteiger partial charge on any atom is -0.390 e. The lowest BCUT2D eigenvalue weighted by Crippen LogP contribution is -2.53. The van der Waals surface area contributed by atoms with Gasteiger partial charge in [-0.1, -0.05) is 37.3 Å². The topological polar surface area (TPSA) is 78.4 Å². The molecule has 0 saturated heterocycles. The summed E-state index contributed by atoms with van der Waals surface area (Å²) in [6.07, 6.45) is 0.385. The van der Waals surface area contributed by atoms with Crippen LogP contribution in [0.4, 0.5) is 0 Å². The van der Waals surface area contributed by atoms with Crippen LogP contribution in [-0.2, 0) is 16.0 Å². The second-order valence-electron chi connectivity index (χ2n) is 4.67. The lowest BCUT2D eigenvalue weighted by atomic mass is 10.0. The zero-order chi connectivity index (χ0) is 15.0. The molecule has 0 bridgehead atoms. The Morgan fingerprint density at radius 1 is 1.25 bits per heavy atom. The molecule has 0 spiro atoms. The first kappa shape index (κ1) is 16.2. The molecule has 1 aromatic carbocycles. The molecule has 5 nitrogen and oxygen atoms in total. The molecule has 0 heterocycles. The van der Waals surface area contributed by atoms with E-state index in [1.54, 1.807) is 0 Å². The highest BCUT2D eigenvalue weighted by Gasteiger charge is 2.27. The fourth-order valence-electron chi connectivity index (χ4n) is 1.94. The number of benzene rings is 1. The number of amides is 2. The van der Waals surface area contributed by atoms with Crippen molar-refractivity contribution < 1.29 is 14.7 Å². The summed E-state index contributed by atoms with van der Waals surface area (Å²) < 4.78 is 0. The molecule has 0 saturated carbocycles. The molecule has 3 N–H and O–H groups in total. The Kier molecular flexibility index (Phi) is 6.73. The number of hydrogen-bond donors (Lipinski definition) is 3. The lowest BCUT2D eigenvalue weighted by Gasteiger charge is -2.22. The van der Waals surface area contributed by atoms with E-state index in [0.29, 0.717) is 19.3 Å². The molecule has 20 heavy (non-hydrogen) atoms. The van der Waals surface area contributed by atoms with Crippen molar-refractivity contribution in [2.45, 2.75) is 38.3 Å². The zero-order valence-corrected chi connectivity index (χ0v) is 11.9. The van der Waals surface area contributed by atoms with Gasteiger partial charge in [0.1, 0.15) is 6.04 Å². The van der Waals surface area contributed by atoms with Crippen LogP contribution in [0.1, 0.15) is 25.3 Å². The predicted molar refractivity (Wildman–Crippen MR) is 77.1 cm³/mol. The van der Waals surface area contributed by atoms with Crippen molar-refractivity contribution in [3.63, 3.8) is 0 Å². The Hall–Kier alpha value is -1.88. The number of carbonyl (C=O) groups excluding carboxylic acids is 2. The Morgan fingerprint density at radius 2 is 1.90 bits per heavy atom. The molecular formula is C15H22N2O3. The van der Waals surface area contributed by atoms with E-state index >= 15 is 0 Å². The van der Waals surface area contributed by atoms with E-state index in [0.717, 1.165) is 5.56 Å². The zero-order valence-electron chi connectivity index (χ0n) is 11.9. The summed E-state index contributed by atoms with van der Waals surface area (Å²) in [5.74, 6) is -0.619. The molecule has 2 atom stereocenters. The molecule has 2 amide bonds. The first-order chi connectivity index (χ1) is 9.58. The highest BCUT2D eigenvalue weighted by Crippen LogP contribution is 2.07. The maximum atomic E-state index is 11.8. The molecular weight excluding hydrogens is 256 g/mol. The number of likely N-dealkylation sites (N-methyl/N-ethyl adjacent to an activating group) is 1. The van der Waals surface area contributed by atoms with Gasteiger partial charge >= 0.3 is 0 Å². The molecule has 0 radical (unpaired) electrons. The summed E-state index contributed by atoms with van der Waals surface area (Å²) in [5, 5.41) is 15.3. The maximum Gasteiger partial charge on any atom is 0.245 e. The Labute approximate surface area is 119 Å². The lowest BCUT2D eigenvalue weighted by molar-refractivity contribution is -0.131. The van der Waals surface area contributed by atoms with Gasteiger partial charge in [0.15, 0.2) is 0 Å². The van der Waals surface area contributed by atoms with Crippen LogP contribution in [0.15, 0.2) is 30.3 Å². The van der Waals surface area contributed by atoms with Gasteiger partial charge in [-0.3, -0.25) is 9.59 Å². The van der Waals surface area contributed by atoms with Gasteiger partial charge in [-0.2, -0.15) is 0 Å². The third-order valence-corrected chi connectivity index (χ3v) is 2.99. The quantitative estimate of drug-likeness (QED) is 0.684. The van der Waals surface area contributed by atoms with Crippen LogP contribution in [0, 0.1) is 0 Å². The second-order valence-corrected chi connectivity index (χ2v) is 4.67. The molecule has 2 unspecified atom stereocenters. The minimum atomic E-state index is -0.960. The van der Waals surface area contributed by atoms with Gasteiger partial charge in [0.2, 0.25) is 11.8 Å². The highest BCUT2D eigenvalue weighted by atomic mass is 16.3. The van der Waals surface area contributed by atoms with Crippen LogP contribution in [0.3, 0.4) is 0 Å². The van der Waals surface area contributed by atoms with Gasteiger partial charge in [-0.25, -0.2) is 0 Å². The summed E-state index contributed by atoms with van der Waals surface area (Å²) >= 11 is 0. The van der Waals surface area contributed by atoms with Crippen LogP contribution in [-0.4, -0.2) is 36.1 Å². The van der Waals surface area contributed by atoms with Crippen LogP contribution < -0.4 is 10.6 Å². The normalized spacial score (nSPS) is 13.3. The van der Waals surface area contributed by atoms with Crippen molar-refractivity contribution in [3.8, 4) is 0 Å². The molecule has 0 fully saturated rings. The monoisotopic (exact) mass is 278 g/mol. The second kappa shape index (κ2) is 8.32. The summed E-state index contributed by atoms with van der Waals surface area (Å²) in [4.78, 5) is 23.4. The molecule has 0 aliphatic carbocycles. The molecule has 0 aliphatic heterocycles. The Bertz CT molecular complexity index is 434. The maximum absolute atomic E-state index is 11.8. The fourth-order valence-corrected chi connectivity index (χ4v) is 1.94. The third-order valence-electron chi connectivity index (χ3n) is 2.99. The van der Waals surface area contributed by atoms with Crippen molar-refractivity contribution in [1.82, 2.24) is 10.6 Å². The van der Waals surface area contributed by atoms with Crippen molar-refractivity contribution >= 4 is 11.8 Å². The van der Waals surface area contributed by atoms with Crippen molar-refractivity contribution in [1.29, 1.82) is 0 Å². The number of rotatable bonds is 7. The summed E-state index contributed by atoms with van der Waals surface area (Å²) in [5.41, 5.74) is 0.915. The number of aliphatic hydroxyl groups excluding tert-OH is 1. The van der Waals surface area contributed by atoms with E-state index in [1.807, 2.05) is 37.3 Å². The van der Waals surface area contributed by atoms with Gasteiger partial charge in [-0.05, 0) is 12.0 Å². The molecule has 0 aromatic heterocycles. The van der Waals surface area contributed by atoms with Crippen molar-refractivity contribution in [2.75, 3.05) is 7.05 Å². The van der Waals surface area contributed by atoms with E-state index in [9.17, 15) is 14.7 Å². The summed E-state index contributed by atoms with van der Waals surface area (Å²) in [6, 6.07) is 8.43. The van der Waals surface area contributed by atoms with Gasteiger partial charge in [-0.15, -0.1) is 0 Å². The average Bonchev–Trinajstić information content (AvgIpc) is 2.45. The highest BCUT2D eigenvalue weighted by molar-refractivity contribution is 5.88. The van der Waals surface area contributed by atoms with Gasteiger partial charge in [0, 0.05) is 19.9 Å². The van der Waals surface area contributed by atoms with E-state index < -0.39 is 18.1 Å². The average molecular weight is 278 g/mol. The van der Waals surface area contributed by atoms with Crippen LogP contribution in [0.2, 0.25) is 0 Å². The van der Waals surface area contributed by atoms with E-state index in [4.69, 9.17) is 0 Å². The van der Waals surface area contributed by atoms with Gasteiger partial charge in [0.05, 0.1) is 6.10 Å². The van der Waals surface area contributed by atoms with Crippen molar-refractivity contribution in [2.24, 2.45) is 0 Å². The number of nitrogens with one attached hydrogen (secondary N) is 2. The number of hydrogen-bond acceptors (Lipinski definition) is 3. The SMILES string of the molecule is CCCC(=O)NC(C(=O)NC)C(O)Cc1ccccc1. The molecule has 0 aliphatic rings. The van der Waals surface area contributed by atoms with Crippen LogP contribution >= 0.6 is 0 Å². The van der Waals surface area contributed by atoms with Crippen LogP contribution in [0.5, 0.6) is 0 Å². The first-order valence-corrected chi connectivity index (χ1v) is 6.81. The minimum absolute atomic E-state index is 0.229. The van der Waals surface area contributed by atoms with E-state index in [1.165, 1.54) is 7.05 Å². The summed E-state index contributed by atoms with van der Waals surface area (Å²) in [7, 11) is 1.48. The fraction of sp³-hybridized carbons (Fsp3) is 0.467. The third kappa shape index (κ3) is 5.01. The predicted octanol–water partition coefficient (Wildman–Crippen LogP) is 0.621. The number of carbonyl (C=O) groups is 2. The Balaban J connectivity index is 2.71. The summed E-state index contributed by atoms with van der Waals surface area (Å²) in [6.45, 7) is 1.88. The molecule has 110 valence electrons. The molecule has 5 heteroatoms. The largest absolute Gasteiger partial charge is 0.390 e. The van der Waals surface area contributed by atoms with E-state index in [2.05, 4.69) is 10.6 Å². The Morgan fingerprint density at radius 3 is 2.45 bits per heavy atom.